The number of rotatable bonds is 2. The molecule has 1 aliphatic rings. The van der Waals surface area contributed by atoms with E-state index in [0.717, 1.165) is 0 Å². The average Bonchev–Trinajstić information content (AvgIpc) is 2.71. The van der Waals surface area contributed by atoms with Crippen LogP contribution in [0.25, 0.3) is 0 Å². The van der Waals surface area contributed by atoms with Gasteiger partial charge in [0.1, 0.15) is 0 Å². The topological polar surface area (TPSA) is 75.3 Å². The second-order valence-corrected chi connectivity index (χ2v) is 5.31. The normalized spacial score (nSPS) is 24.2. The molecule has 0 unspecified atom stereocenters. The summed E-state index contributed by atoms with van der Waals surface area (Å²) in [6, 6.07) is -0.132. The van der Waals surface area contributed by atoms with Gasteiger partial charge in [-0.15, -0.1) is 0 Å². The summed E-state index contributed by atoms with van der Waals surface area (Å²) in [7, 11) is -3.43. The molecule has 2 heterocycles. The van der Waals surface area contributed by atoms with Crippen molar-refractivity contribution < 1.29 is 13.2 Å². The molecule has 0 bridgehead atoms. The Morgan fingerprint density at radius 1 is 1.67 bits per heavy atom. The third kappa shape index (κ3) is 1.90. The number of nitrogens with zero attached hydrogens (tertiary/aromatic N) is 2. The van der Waals surface area contributed by atoms with Crippen LogP contribution in [-0.4, -0.2) is 48.5 Å². The van der Waals surface area contributed by atoms with Gasteiger partial charge in [-0.25, -0.2) is 13.4 Å². The predicted octanol–water partition coefficient (Wildman–Crippen LogP) is -0.181. The molecule has 0 aromatic carbocycles. The SMILES string of the molecule is C[C@@H]1COCCN1S(=O)(=O)c1cnc[nH]1. The molecule has 0 radical (unpaired) electrons. The van der Waals surface area contributed by atoms with Gasteiger partial charge >= 0.3 is 0 Å². The monoisotopic (exact) mass is 231 g/mol. The molecular formula is C8H13N3O3S. The highest BCUT2D eigenvalue weighted by Gasteiger charge is 2.32. The molecular weight excluding hydrogens is 218 g/mol. The Bertz CT molecular complexity index is 414. The number of aromatic amines is 1. The molecule has 1 aliphatic heterocycles. The summed E-state index contributed by atoms with van der Waals surface area (Å²) < 4.78 is 30.7. The molecule has 1 saturated heterocycles. The zero-order valence-electron chi connectivity index (χ0n) is 8.38. The summed E-state index contributed by atoms with van der Waals surface area (Å²) in [5, 5.41) is 0.135. The molecule has 0 amide bonds. The summed E-state index contributed by atoms with van der Waals surface area (Å²) in [6.07, 6.45) is 2.68. The number of H-pyrrole nitrogens is 1. The minimum absolute atomic E-state index is 0.132. The lowest BCUT2D eigenvalue weighted by Crippen LogP contribution is -2.47. The van der Waals surface area contributed by atoms with Crippen LogP contribution in [0.2, 0.25) is 0 Å². The van der Waals surface area contributed by atoms with Crippen LogP contribution >= 0.6 is 0 Å². The summed E-state index contributed by atoms with van der Waals surface area (Å²) in [6.45, 7) is 3.10. The second kappa shape index (κ2) is 3.92. The number of morpholine rings is 1. The van der Waals surface area contributed by atoms with E-state index in [2.05, 4.69) is 9.97 Å². The van der Waals surface area contributed by atoms with Crippen LogP contribution in [0.4, 0.5) is 0 Å². The lowest BCUT2D eigenvalue weighted by atomic mass is 10.3. The highest BCUT2D eigenvalue weighted by atomic mass is 32.2. The summed E-state index contributed by atoms with van der Waals surface area (Å²) >= 11 is 0. The molecule has 1 atom stereocenters. The Morgan fingerprint density at radius 2 is 2.47 bits per heavy atom. The van der Waals surface area contributed by atoms with Crippen LogP contribution in [0, 0.1) is 0 Å². The van der Waals surface area contributed by atoms with Crippen LogP contribution in [0.5, 0.6) is 0 Å². The van der Waals surface area contributed by atoms with Crippen molar-refractivity contribution >= 4 is 10.0 Å². The molecule has 15 heavy (non-hydrogen) atoms. The first-order valence-corrected chi connectivity index (χ1v) is 6.14. The number of hydrogen-bond donors (Lipinski definition) is 1. The van der Waals surface area contributed by atoms with Crippen molar-refractivity contribution in [3.63, 3.8) is 0 Å². The zero-order valence-corrected chi connectivity index (χ0v) is 9.20. The second-order valence-electron chi connectivity index (χ2n) is 3.46. The number of sulfonamides is 1. The molecule has 1 N–H and O–H groups in total. The van der Waals surface area contributed by atoms with Gasteiger partial charge in [-0.1, -0.05) is 0 Å². The fourth-order valence-electron chi connectivity index (χ4n) is 1.58. The molecule has 1 aromatic heterocycles. The maximum atomic E-state index is 12.1. The van der Waals surface area contributed by atoms with E-state index in [-0.39, 0.29) is 11.1 Å². The van der Waals surface area contributed by atoms with Crippen molar-refractivity contribution in [2.45, 2.75) is 18.0 Å². The van der Waals surface area contributed by atoms with E-state index >= 15 is 0 Å². The Kier molecular flexibility index (Phi) is 2.76. The highest BCUT2D eigenvalue weighted by Crippen LogP contribution is 2.17. The Morgan fingerprint density at radius 3 is 3.07 bits per heavy atom. The maximum absolute atomic E-state index is 12.1. The molecule has 7 heteroatoms. The standard InChI is InChI=1S/C8H13N3O3S/c1-7-5-14-3-2-11(7)15(12,13)8-4-9-6-10-8/h4,6-7H,2-3,5H2,1H3,(H,9,10)/t7-/m1/s1. The first-order chi connectivity index (χ1) is 7.12. The molecule has 6 nitrogen and oxygen atoms in total. The first-order valence-electron chi connectivity index (χ1n) is 4.70. The van der Waals surface area contributed by atoms with Gasteiger partial charge in [0.15, 0.2) is 5.03 Å². The van der Waals surface area contributed by atoms with Gasteiger partial charge in [0, 0.05) is 12.6 Å². The van der Waals surface area contributed by atoms with Crippen LogP contribution in [-0.2, 0) is 14.8 Å². The van der Waals surface area contributed by atoms with Crippen molar-refractivity contribution in [3.8, 4) is 0 Å². The van der Waals surface area contributed by atoms with Crippen LogP contribution in [0.3, 0.4) is 0 Å². The van der Waals surface area contributed by atoms with E-state index in [1.807, 2.05) is 6.92 Å². The molecule has 0 spiro atoms. The van der Waals surface area contributed by atoms with Gasteiger partial charge in [-0.2, -0.15) is 4.31 Å². The number of ether oxygens (including phenoxy) is 1. The maximum Gasteiger partial charge on any atom is 0.260 e. The van der Waals surface area contributed by atoms with Gasteiger partial charge in [-0.05, 0) is 6.92 Å². The molecule has 1 fully saturated rings. The van der Waals surface area contributed by atoms with Crippen LogP contribution in [0.1, 0.15) is 6.92 Å². The molecule has 1 aromatic rings. The lowest BCUT2D eigenvalue weighted by Gasteiger charge is -2.31. The van der Waals surface area contributed by atoms with E-state index in [1.54, 1.807) is 0 Å². The van der Waals surface area contributed by atoms with Gasteiger partial charge in [0.25, 0.3) is 10.0 Å². The number of hydrogen-bond acceptors (Lipinski definition) is 4. The fraction of sp³-hybridized carbons (Fsp3) is 0.625. The van der Waals surface area contributed by atoms with E-state index in [0.29, 0.717) is 19.8 Å². The Hall–Kier alpha value is -0.920. The largest absolute Gasteiger partial charge is 0.378 e. The van der Waals surface area contributed by atoms with Gasteiger partial charge in [0.2, 0.25) is 0 Å². The van der Waals surface area contributed by atoms with Gasteiger partial charge < -0.3 is 9.72 Å². The predicted molar refractivity (Wildman–Crippen MR) is 52.8 cm³/mol. The number of nitrogens with one attached hydrogen (secondary N) is 1. The lowest BCUT2D eigenvalue weighted by molar-refractivity contribution is 0.0392. The minimum Gasteiger partial charge on any atom is -0.378 e. The molecule has 2 rings (SSSR count). The van der Waals surface area contributed by atoms with E-state index in [1.165, 1.54) is 16.8 Å². The first kappa shape index (κ1) is 10.6. The molecule has 84 valence electrons. The third-order valence-corrected chi connectivity index (χ3v) is 4.31. The van der Waals surface area contributed by atoms with Crippen molar-refractivity contribution in [3.05, 3.63) is 12.5 Å². The van der Waals surface area contributed by atoms with Crippen molar-refractivity contribution in [1.82, 2.24) is 14.3 Å². The quantitative estimate of drug-likeness (QED) is 0.766. The Labute approximate surface area is 88.3 Å². The van der Waals surface area contributed by atoms with Crippen molar-refractivity contribution in [1.29, 1.82) is 0 Å². The molecule has 0 saturated carbocycles. The average molecular weight is 231 g/mol. The summed E-state index contributed by atoms with van der Waals surface area (Å²) in [5.41, 5.74) is 0. The van der Waals surface area contributed by atoms with E-state index in [9.17, 15) is 8.42 Å². The van der Waals surface area contributed by atoms with Crippen LogP contribution < -0.4 is 0 Å². The Balaban J connectivity index is 2.29. The van der Waals surface area contributed by atoms with Gasteiger partial charge in [-0.3, -0.25) is 0 Å². The zero-order chi connectivity index (χ0) is 10.9. The van der Waals surface area contributed by atoms with Gasteiger partial charge in [0.05, 0.1) is 25.7 Å². The van der Waals surface area contributed by atoms with E-state index < -0.39 is 10.0 Å². The van der Waals surface area contributed by atoms with Crippen LogP contribution in [0.15, 0.2) is 17.6 Å². The van der Waals surface area contributed by atoms with E-state index in [4.69, 9.17) is 4.74 Å². The highest BCUT2D eigenvalue weighted by molar-refractivity contribution is 7.89. The van der Waals surface area contributed by atoms with Crippen molar-refractivity contribution in [2.24, 2.45) is 0 Å². The summed E-state index contributed by atoms with van der Waals surface area (Å²) in [4.78, 5) is 6.33. The summed E-state index contributed by atoms with van der Waals surface area (Å²) in [5.74, 6) is 0. The fourth-order valence-corrected chi connectivity index (χ4v) is 3.08. The molecule has 0 aliphatic carbocycles. The number of aromatic nitrogens is 2. The smallest absolute Gasteiger partial charge is 0.260 e. The minimum atomic E-state index is -3.43. The third-order valence-electron chi connectivity index (χ3n) is 2.37. The van der Waals surface area contributed by atoms with Crippen molar-refractivity contribution in [2.75, 3.05) is 19.8 Å². The number of imidazole rings is 1.